The van der Waals surface area contributed by atoms with Gasteiger partial charge in [-0.2, -0.15) is 0 Å². The molecule has 3 radical (unpaired) electrons. The number of rotatable bonds is 1. The van der Waals surface area contributed by atoms with Crippen LogP contribution in [-0.4, -0.2) is 25.8 Å². The van der Waals surface area contributed by atoms with Crippen LogP contribution in [0.4, 0.5) is 0 Å². The molecular formula is C9H9Pb. The maximum atomic E-state index is 2.19. The molecule has 10 heavy (non-hydrogen) atoms. The van der Waals surface area contributed by atoms with Gasteiger partial charge in [-0.25, -0.2) is 0 Å². The van der Waals surface area contributed by atoms with Gasteiger partial charge in [0.15, 0.2) is 0 Å². The first-order chi connectivity index (χ1) is 4.83. The normalized spacial score (nSPS) is 10.6. The molecule has 0 fully saturated rings. The van der Waals surface area contributed by atoms with E-state index in [0.717, 1.165) is 25.8 Å². The first-order valence-corrected chi connectivity index (χ1v) is 5.48. The van der Waals surface area contributed by atoms with Crippen LogP contribution in [0, 0.1) is 6.92 Å². The van der Waals surface area contributed by atoms with Crippen molar-refractivity contribution in [3.8, 4) is 0 Å². The molecule has 0 N–H and O–H groups in total. The van der Waals surface area contributed by atoms with Gasteiger partial charge in [-0.3, -0.25) is 0 Å². The van der Waals surface area contributed by atoms with E-state index in [-0.39, 0.29) is 0 Å². The van der Waals surface area contributed by atoms with Crippen LogP contribution in [0.5, 0.6) is 0 Å². The number of aryl methyl sites for hydroxylation is 1. The van der Waals surface area contributed by atoms with Crippen molar-refractivity contribution in [2.75, 3.05) is 0 Å². The molecule has 1 aromatic rings. The maximum absolute atomic E-state index is 2.19. The summed E-state index contributed by atoms with van der Waals surface area (Å²) in [5.41, 5.74) is 2.63. The average Bonchev–Trinajstić information content (AvgIpc) is 1.95. The molecule has 0 saturated heterocycles. The van der Waals surface area contributed by atoms with Crippen molar-refractivity contribution >= 4 is 31.8 Å². The van der Waals surface area contributed by atoms with Gasteiger partial charge in [-0.05, 0) is 0 Å². The zero-order valence-corrected chi connectivity index (χ0v) is 9.85. The molecule has 1 aromatic carbocycles. The zero-order valence-electron chi connectivity index (χ0n) is 5.96. The molecule has 1 rings (SSSR count). The summed E-state index contributed by atoms with van der Waals surface area (Å²) in [5, 5.41) is 0. The Morgan fingerprint density at radius 3 is 2.30 bits per heavy atom. The fraction of sp³-hybridized carbons (Fsp3) is 0.111. The van der Waals surface area contributed by atoms with Gasteiger partial charge in [0.2, 0.25) is 0 Å². The van der Waals surface area contributed by atoms with E-state index in [0.29, 0.717) is 0 Å². The molecule has 0 amide bonds. The van der Waals surface area contributed by atoms with Gasteiger partial charge < -0.3 is 0 Å². The summed E-state index contributed by atoms with van der Waals surface area (Å²) >= 11 is 1.14. The fourth-order valence-corrected chi connectivity index (χ4v) is 1.52. The Morgan fingerprint density at radius 1 is 1.20 bits per heavy atom. The summed E-state index contributed by atoms with van der Waals surface area (Å²) in [6, 6.07) is 8.56. The fourth-order valence-electron chi connectivity index (χ4n) is 0.774. The first-order valence-electron chi connectivity index (χ1n) is 3.23. The molecule has 0 nitrogen and oxygen atoms in total. The number of hydrogen-bond acceptors (Lipinski definition) is 0. The van der Waals surface area contributed by atoms with E-state index in [1.807, 2.05) is 0 Å². The van der Waals surface area contributed by atoms with Gasteiger partial charge in [0.05, 0.1) is 0 Å². The minimum absolute atomic E-state index is 1.14. The molecule has 0 aliphatic heterocycles. The first kappa shape index (κ1) is 7.98. The van der Waals surface area contributed by atoms with E-state index < -0.39 is 0 Å². The van der Waals surface area contributed by atoms with Crippen molar-refractivity contribution in [3.05, 3.63) is 39.0 Å². The average molecular weight is 324 g/mol. The standard InChI is InChI=1S/C9H9.Pb/c1-3-9-6-4-8(2)5-7-9;/h1,3-7H,2H3;. The number of benzene rings is 1. The predicted octanol–water partition coefficient (Wildman–Crippen LogP) is 2.13. The summed E-state index contributed by atoms with van der Waals surface area (Å²) < 4.78 is 2.19. The van der Waals surface area contributed by atoms with Gasteiger partial charge in [-0.15, -0.1) is 0 Å². The van der Waals surface area contributed by atoms with Gasteiger partial charge >= 0.3 is 77.8 Å². The van der Waals surface area contributed by atoms with Crippen LogP contribution < -0.4 is 0 Å². The van der Waals surface area contributed by atoms with Crippen molar-refractivity contribution in [1.82, 2.24) is 0 Å². The summed E-state index contributed by atoms with van der Waals surface area (Å²) in [6.07, 6.45) is 2.16. The van der Waals surface area contributed by atoms with E-state index in [2.05, 4.69) is 40.9 Å². The van der Waals surface area contributed by atoms with Crippen molar-refractivity contribution in [2.24, 2.45) is 0 Å². The van der Waals surface area contributed by atoms with Gasteiger partial charge in [0.1, 0.15) is 0 Å². The minimum atomic E-state index is 1.14. The Labute approximate surface area is 77.6 Å². The SMILES string of the molecule is Cc1ccc(/C=[CH]/[Pb])cc1. The quantitative estimate of drug-likeness (QED) is 0.695. The van der Waals surface area contributed by atoms with E-state index in [9.17, 15) is 0 Å². The molecule has 0 aliphatic rings. The Kier molecular flexibility index (Phi) is 3.12. The van der Waals surface area contributed by atoms with Gasteiger partial charge in [0.25, 0.3) is 0 Å². The monoisotopic (exact) mass is 325 g/mol. The number of hydrogen-bond donors (Lipinski definition) is 0. The molecule has 0 bridgehead atoms. The molecule has 0 aromatic heterocycles. The molecule has 0 aliphatic carbocycles. The van der Waals surface area contributed by atoms with Crippen molar-refractivity contribution in [2.45, 2.75) is 6.92 Å². The summed E-state index contributed by atoms with van der Waals surface area (Å²) in [4.78, 5) is 0. The summed E-state index contributed by atoms with van der Waals surface area (Å²) in [7, 11) is 0. The van der Waals surface area contributed by atoms with Crippen molar-refractivity contribution < 1.29 is 0 Å². The molecule has 0 saturated carbocycles. The Morgan fingerprint density at radius 2 is 1.80 bits per heavy atom. The Bertz CT molecular complexity index is 221. The zero-order chi connectivity index (χ0) is 7.40. The van der Waals surface area contributed by atoms with E-state index in [4.69, 9.17) is 0 Å². The topological polar surface area (TPSA) is 0 Å². The van der Waals surface area contributed by atoms with Crippen LogP contribution in [0.3, 0.4) is 0 Å². The summed E-state index contributed by atoms with van der Waals surface area (Å²) in [5.74, 6) is 0. The van der Waals surface area contributed by atoms with Crippen LogP contribution in [0.25, 0.3) is 6.08 Å². The third-order valence-corrected chi connectivity index (χ3v) is 2.00. The van der Waals surface area contributed by atoms with Crippen LogP contribution in [0.2, 0.25) is 0 Å². The van der Waals surface area contributed by atoms with Crippen LogP contribution in [-0.2, 0) is 0 Å². The Balaban J connectivity index is 2.89. The van der Waals surface area contributed by atoms with Crippen LogP contribution in [0.1, 0.15) is 11.1 Å². The van der Waals surface area contributed by atoms with Crippen molar-refractivity contribution in [3.63, 3.8) is 0 Å². The molecule has 0 unspecified atom stereocenters. The van der Waals surface area contributed by atoms with Gasteiger partial charge in [-0.1, -0.05) is 0 Å². The predicted molar refractivity (Wildman–Crippen MR) is 46.0 cm³/mol. The van der Waals surface area contributed by atoms with Gasteiger partial charge in [0, 0.05) is 0 Å². The van der Waals surface area contributed by atoms with Crippen LogP contribution >= 0.6 is 0 Å². The third kappa shape index (κ3) is 2.25. The molecule has 49 valence electrons. The Hall–Kier alpha value is -0.118. The molecule has 1 heteroatoms. The molecular weight excluding hydrogens is 315 g/mol. The second-order valence-corrected chi connectivity index (χ2v) is 3.54. The molecule has 0 heterocycles. The van der Waals surface area contributed by atoms with Crippen molar-refractivity contribution in [1.29, 1.82) is 0 Å². The van der Waals surface area contributed by atoms with Crippen LogP contribution in [0.15, 0.2) is 27.9 Å². The van der Waals surface area contributed by atoms with E-state index >= 15 is 0 Å². The molecule has 0 spiro atoms. The second kappa shape index (κ2) is 3.91. The summed E-state index contributed by atoms with van der Waals surface area (Å²) in [6.45, 7) is 2.11. The molecule has 0 atom stereocenters. The van der Waals surface area contributed by atoms with E-state index in [1.165, 1.54) is 11.1 Å². The van der Waals surface area contributed by atoms with E-state index in [1.54, 1.807) is 0 Å². The third-order valence-electron chi connectivity index (χ3n) is 1.35. The second-order valence-electron chi connectivity index (χ2n) is 2.24.